The molecule has 0 unspecified atom stereocenters. The van der Waals surface area contributed by atoms with Gasteiger partial charge in [-0.05, 0) is 0 Å². The van der Waals surface area contributed by atoms with E-state index in [0.717, 1.165) is 0 Å². The van der Waals surface area contributed by atoms with Crippen LogP contribution in [0, 0.1) is 0 Å². The second-order valence-corrected chi connectivity index (χ2v) is 1.80. The van der Waals surface area contributed by atoms with Gasteiger partial charge < -0.3 is 22.0 Å². The summed E-state index contributed by atoms with van der Waals surface area (Å²) in [5.41, 5.74) is 0. The Morgan fingerprint density at radius 2 is 0.875 bits per heavy atom. The maximum Gasteiger partial charge on any atom is 1.00 e. The monoisotopic (exact) mass is 168 g/mol. The molecule has 0 atom stereocenters. The van der Waals surface area contributed by atoms with Crippen LogP contribution in [0.25, 0.3) is 0 Å². The molecule has 4 nitrogen and oxygen atoms in total. The Labute approximate surface area is 85.6 Å². The summed E-state index contributed by atoms with van der Waals surface area (Å²) in [6.07, 6.45) is 0. The van der Waals surface area contributed by atoms with Gasteiger partial charge in [-0.25, -0.2) is 0 Å². The molecule has 8 heavy (non-hydrogen) atoms. The molecule has 0 aromatic carbocycles. The average Bonchev–Trinajstić information content (AvgIpc) is 0.722. The Balaban J connectivity index is -0.00000000800. The maximum absolute atomic E-state index is 7.33. The van der Waals surface area contributed by atoms with Gasteiger partial charge in [-0.2, -0.15) is 0 Å². The predicted molar refractivity (Wildman–Crippen MR) is 16.9 cm³/mol. The molecule has 0 aromatic rings. The molecule has 0 amide bonds. The summed E-state index contributed by atoms with van der Waals surface area (Å²) in [7, 11) is -4.61. The van der Waals surface area contributed by atoms with Crippen molar-refractivity contribution in [1.29, 1.82) is 0 Å². The Bertz CT molecular complexity index is 36.7. The fourth-order valence-corrected chi connectivity index (χ4v) is 0. The summed E-state index contributed by atoms with van der Waals surface area (Å²) in [6, 6.07) is 0. The van der Waals surface area contributed by atoms with Crippen LogP contribution in [0.2, 0.25) is 0 Å². The maximum atomic E-state index is 7.33. The van der Waals surface area contributed by atoms with E-state index in [1.54, 1.807) is 0 Å². The molecule has 0 aliphatic carbocycles. The summed E-state index contributed by atoms with van der Waals surface area (Å²) >= 11 is 0. The minimum absolute atomic E-state index is 0. The Morgan fingerprint density at radius 1 is 0.875 bits per heavy atom. The molecule has 4 N–H and O–H groups in total. The van der Waals surface area contributed by atoms with Crippen LogP contribution in [-0.4, -0.2) is 28.2 Å². The van der Waals surface area contributed by atoms with E-state index in [1.165, 1.54) is 0 Å². The van der Waals surface area contributed by atoms with Gasteiger partial charge in [-0.15, -0.1) is 0 Å². The standard InChI is InChI=1S/Fe.2Li.H4O4Si.2H/c;;;1-5(2,3)4;;/h;;;1-4H;;/q;2*+1;;2*-1. The van der Waals surface area contributed by atoms with Crippen molar-refractivity contribution in [3.8, 4) is 0 Å². The molecule has 0 spiro atoms. The van der Waals surface area contributed by atoms with E-state index in [0.29, 0.717) is 0 Å². The van der Waals surface area contributed by atoms with Gasteiger partial charge in [0.2, 0.25) is 0 Å². The molecule has 0 rings (SSSR count). The first kappa shape index (κ1) is 22.6. The molecule has 8 heteroatoms. The number of hydrogen-bond donors (Lipinski definition) is 4. The SMILES string of the molecule is O[Si](O)(O)O.[Fe].[H-].[H-].[Li+].[Li+]. The minimum atomic E-state index is -4.61. The zero-order valence-electron chi connectivity index (χ0n) is 6.64. The fourth-order valence-electron chi connectivity index (χ4n) is 0. The molecule has 0 aliphatic heterocycles. The first-order valence-corrected chi connectivity index (χ1v) is 2.68. The molecule has 44 valence electrons. The third-order valence-electron chi connectivity index (χ3n) is 0. The van der Waals surface area contributed by atoms with E-state index in [-0.39, 0.29) is 57.6 Å². The molecular weight excluding hydrogens is 162 g/mol. The van der Waals surface area contributed by atoms with Crippen molar-refractivity contribution in [2.24, 2.45) is 0 Å². The van der Waals surface area contributed by atoms with E-state index in [1.807, 2.05) is 0 Å². The van der Waals surface area contributed by atoms with E-state index in [2.05, 4.69) is 0 Å². The first-order valence-electron chi connectivity index (χ1n) is 0.894. The van der Waals surface area contributed by atoms with Crippen LogP contribution >= 0.6 is 0 Å². The normalized spacial score (nSPS) is 7.50. The zero-order valence-corrected chi connectivity index (χ0v) is 6.75. The summed E-state index contributed by atoms with van der Waals surface area (Å²) in [6.45, 7) is 0. The van der Waals surface area contributed by atoms with Gasteiger partial charge >= 0.3 is 46.8 Å². The third-order valence-corrected chi connectivity index (χ3v) is 0. The molecular formula is H6FeLi2O4Si. The third kappa shape index (κ3) is 114. The summed E-state index contributed by atoms with van der Waals surface area (Å²) < 4.78 is 0. The Kier molecular flexibility index (Phi) is 24.7. The first-order chi connectivity index (χ1) is 2.00. The molecule has 0 radical (unpaired) electrons. The van der Waals surface area contributed by atoms with Crippen LogP contribution in [0.15, 0.2) is 0 Å². The van der Waals surface area contributed by atoms with E-state index >= 15 is 0 Å². The van der Waals surface area contributed by atoms with Gasteiger partial charge in [0.05, 0.1) is 0 Å². The fraction of sp³-hybridized carbons (Fsp3) is 0. The van der Waals surface area contributed by atoms with Crippen molar-refractivity contribution < 1.29 is 76.8 Å². The number of rotatable bonds is 0. The summed E-state index contributed by atoms with van der Waals surface area (Å²) in [5, 5.41) is 0. The molecule has 0 saturated heterocycles. The molecule has 0 aromatic heterocycles. The van der Waals surface area contributed by atoms with Crippen molar-refractivity contribution in [2.75, 3.05) is 0 Å². The van der Waals surface area contributed by atoms with E-state index < -0.39 is 9.05 Å². The topological polar surface area (TPSA) is 80.9 Å². The second-order valence-electron chi connectivity index (χ2n) is 0.600. The van der Waals surface area contributed by atoms with Gasteiger partial charge in [0, 0.05) is 17.1 Å². The summed E-state index contributed by atoms with van der Waals surface area (Å²) in [5.74, 6) is 0. The largest absolute Gasteiger partial charge is 1.00 e. The molecule has 0 heterocycles. The van der Waals surface area contributed by atoms with Gasteiger partial charge in [-0.1, -0.05) is 0 Å². The van der Waals surface area contributed by atoms with E-state index in [4.69, 9.17) is 19.2 Å². The minimum Gasteiger partial charge on any atom is -1.00 e. The smallest absolute Gasteiger partial charge is 1.00 e. The zero-order chi connectivity index (χ0) is 4.50. The van der Waals surface area contributed by atoms with Crippen molar-refractivity contribution >= 4 is 9.05 Å². The van der Waals surface area contributed by atoms with Gasteiger partial charge in [0.1, 0.15) is 0 Å². The van der Waals surface area contributed by atoms with Crippen LogP contribution in [0.4, 0.5) is 0 Å². The van der Waals surface area contributed by atoms with Crippen LogP contribution in [0.5, 0.6) is 0 Å². The molecule has 0 saturated carbocycles. The molecule has 0 aliphatic rings. The van der Waals surface area contributed by atoms with Crippen molar-refractivity contribution in [3.63, 3.8) is 0 Å². The van der Waals surface area contributed by atoms with Crippen LogP contribution in [0.3, 0.4) is 0 Å². The van der Waals surface area contributed by atoms with Crippen LogP contribution in [-0.2, 0) is 17.1 Å². The average molecular weight is 168 g/mol. The molecule has 0 fully saturated rings. The van der Waals surface area contributed by atoms with Crippen molar-refractivity contribution in [1.82, 2.24) is 0 Å². The van der Waals surface area contributed by atoms with Crippen LogP contribution in [0.1, 0.15) is 2.85 Å². The predicted octanol–water partition coefficient (Wildman–Crippen LogP) is -8.38. The quantitative estimate of drug-likeness (QED) is 0.271. The van der Waals surface area contributed by atoms with E-state index in [9.17, 15) is 0 Å². The van der Waals surface area contributed by atoms with Gasteiger partial charge in [0.25, 0.3) is 0 Å². The second kappa shape index (κ2) is 8.77. The van der Waals surface area contributed by atoms with Gasteiger partial charge in [-0.3, -0.25) is 0 Å². The van der Waals surface area contributed by atoms with Crippen molar-refractivity contribution in [2.45, 2.75) is 0 Å². The van der Waals surface area contributed by atoms with Crippen LogP contribution < -0.4 is 37.7 Å². The Morgan fingerprint density at radius 3 is 0.875 bits per heavy atom. The molecule has 0 bridgehead atoms. The Hall–Kier alpha value is 1.77. The van der Waals surface area contributed by atoms with Crippen molar-refractivity contribution in [3.05, 3.63) is 0 Å². The van der Waals surface area contributed by atoms with Gasteiger partial charge in [0.15, 0.2) is 0 Å². The summed E-state index contributed by atoms with van der Waals surface area (Å²) in [4.78, 5) is 29.3. The number of hydrogen-bond acceptors (Lipinski definition) is 4.